The van der Waals surface area contributed by atoms with E-state index in [9.17, 15) is 9.59 Å². The summed E-state index contributed by atoms with van der Waals surface area (Å²) in [4.78, 5) is 28.4. The molecule has 5 nitrogen and oxygen atoms in total. The van der Waals surface area contributed by atoms with Gasteiger partial charge in [-0.25, -0.2) is 0 Å². The largest absolute Gasteiger partial charge is 0.483 e. The molecule has 0 atom stereocenters. The molecule has 0 N–H and O–H groups in total. The fraction of sp³-hybridized carbons (Fsp3) is 0.333. The molecule has 0 aliphatic carbocycles. The van der Waals surface area contributed by atoms with Crippen molar-refractivity contribution < 1.29 is 14.3 Å². The van der Waals surface area contributed by atoms with E-state index in [-0.39, 0.29) is 18.4 Å². The van der Waals surface area contributed by atoms with Crippen LogP contribution in [-0.4, -0.2) is 54.4 Å². The molecular formula is C21H23ClN2O3. The molecule has 0 saturated carbocycles. The molecule has 2 amide bonds. The van der Waals surface area contributed by atoms with Crippen LogP contribution >= 0.6 is 11.6 Å². The molecular weight excluding hydrogens is 364 g/mol. The van der Waals surface area contributed by atoms with Gasteiger partial charge in [-0.3, -0.25) is 9.59 Å². The van der Waals surface area contributed by atoms with Gasteiger partial charge in [0.1, 0.15) is 5.75 Å². The molecule has 1 fully saturated rings. The number of hydrogen-bond acceptors (Lipinski definition) is 3. The smallest absolute Gasteiger partial charge is 0.260 e. The Balaban J connectivity index is 1.45. The highest BCUT2D eigenvalue weighted by molar-refractivity contribution is 6.30. The Hall–Kier alpha value is -2.53. The van der Waals surface area contributed by atoms with E-state index in [4.69, 9.17) is 16.3 Å². The first-order valence-electron chi connectivity index (χ1n) is 9.01. The van der Waals surface area contributed by atoms with Crippen LogP contribution in [-0.2, 0) is 16.0 Å². The fourth-order valence-corrected chi connectivity index (χ4v) is 3.32. The molecule has 0 unspecified atom stereocenters. The van der Waals surface area contributed by atoms with Gasteiger partial charge in [-0.1, -0.05) is 41.9 Å². The van der Waals surface area contributed by atoms with Crippen LogP contribution in [0.3, 0.4) is 0 Å². The Morgan fingerprint density at radius 2 is 1.59 bits per heavy atom. The van der Waals surface area contributed by atoms with Gasteiger partial charge in [0, 0.05) is 31.2 Å². The average molecular weight is 387 g/mol. The Bertz CT molecular complexity index is 802. The molecule has 1 heterocycles. The minimum absolute atomic E-state index is 0.0135. The minimum atomic E-state index is -0.0699. The number of benzene rings is 2. The standard InChI is InChI=1S/C21H23ClN2O3/c1-16-13-18(22)7-8-19(16)27-15-21(26)24-11-9-23(10-12-24)20(25)14-17-5-3-2-4-6-17/h2-8,13H,9-12,14-15H2,1H3. The van der Waals surface area contributed by atoms with Gasteiger partial charge in [-0.15, -0.1) is 0 Å². The monoisotopic (exact) mass is 386 g/mol. The number of halogens is 1. The van der Waals surface area contributed by atoms with Crippen molar-refractivity contribution in [3.63, 3.8) is 0 Å². The van der Waals surface area contributed by atoms with E-state index in [1.807, 2.05) is 42.2 Å². The summed E-state index contributed by atoms with van der Waals surface area (Å²) in [6, 6.07) is 15.0. The van der Waals surface area contributed by atoms with Gasteiger partial charge in [-0.2, -0.15) is 0 Å². The summed E-state index contributed by atoms with van der Waals surface area (Å²) in [5, 5.41) is 0.641. The first-order chi connectivity index (χ1) is 13.0. The first-order valence-corrected chi connectivity index (χ1v) is 9.39. The Morgan fingerprint density at radius 1 is 0.963 bits per heavy atom. The van der Waals surface area contributed by atoms with Gasteiger partial charge >= 0.3 is 0 Å². The van der Waals surface area contributed by atoms with Crippen LogP contribution in [0.15, 0.2) is 48.5 Å². The Morgan fingerprint density at radius 3 is 2.22 bits per heavy atom. The number of piperazine rings is 1. The van der Waals surface area contributed by atoms with Gasteiger partial charge in [0.2, 0.25) is 5.91 Å². The van der Waals surface area contributed by atoms with E-state index >= 15 is 0 Å². The molecule has 1 aliphatic heterocycles. The molecule has 0 bridgehead atoms. The zero-order valence-corrected chi connectivity index (χ0v) is 16.1. The quantitative estimate of drug-likeness (QED) is 0.793. The summed E-state index contributed by atoms with van der Waals surface area (Å²) in [5.41, 5.74) is 1.90. The molecule has 142 valence electrons. The topological polar surface area (TPSA) is 49.9 Å². The van der Waals surface area contributed by atoms with Crippen LogP contribution in [0.2, 0.25) is 5.02 Å². The van der Waals surface area contributed by atoms with Crippen molar-refractivity contribution in [3.8, 4) is 5.75 Å². The predicted molar refractivity (Wildman–Crippen MR) is 105 cm³/mol. The lowest BCUT2D eigenvalue weighted by molar-refractivity contribution is -0.140. The lowest BCUT2D eigenvalue weighted by Gasteiger charge is -2.34. The highest BCUT2D eigenvalue weighted by Gasteiger charge is 2.24. The van der Waals surface area contributed by atoms with Crippen LogP contribution in [0.25, 0.3) is 0 Å². The second-order valence-corrected chi connectivity index (χ2v) is 7.06. The van der Waals surface area contributed by atoms with Crippen LogP contribution in [0.5, 0.6) is 5.75 Å². The van der Waals surface area contributed by atoms with Crippen LogP contribution in [0, 0.1) is 6.92 Å². The van der Waals surface area contributed by atoms with Crippen LogP contribution in [0.1, 0.15) is 11.1 Å². The summed E-state index contributed by atoms with van der Waals surface area (Å²) >= 11 is 5.93. The van der Waals surface area contributed by atoms with Crippen molar-refractivity contribution >= 4 is 23.4 Å². The molecule has 1 aliphatic rings. The van der Waals surface area contributed by atoms with Crippen molar-refractivity contribution in [2.24, 2.45) is 0 Å². The SMILES string of the molecule is Cc1cc(Cl)ccc1OCC(=O)N1CCN(C(=O)Cc2ccccc2)CC1. The summed E-state index contributed by atoms with van der Waals surface area (Å²) in [7, 11) is 0. The number of aryl methyl sites for hydroxylation is 1. The number of carbonyl (C=O) groups excluding carboxylic acids is 2. The molecule has 0 aromatic heterocycles. The molecule has 0 spiro atoms. The van der Waals surface area contributed by atoms with E-state index in [0.29, 0.717) is 43.4 Å². The average Bonchev–Trinajstić information content (AvgIpc) is 2.68. The molecule has 2 aromatic carbocycles. The number of carbonyl (C=O) groups is 2. The minimum Gasteiger partial charge on any atom is -0.483 e. The molecule has 6 heteroatoms. The third-order valence-corrected chi connectivity index (χ3v) is 4.91. The van der Waals surface area contributed by atoms with Crippen LogP contribution < -0.4 is 4.74 Å². The normalized spacial score (nSPS) is 14.1. The molecule has 27 heavy (non-hydrogen) atoms. The Kier molecular flexibility index (Phi) is 6.35. The Labute approximate surface area is 164 Å². The number of amides is 2. The predicted octanol–water partition coefficient (Wildman–Crippen LogP) is 2.94. The second kappa shape index (κ2) is 8.91. The van der Waals surface area contributed by atoms with Crippen molar-refractivity contribution in [2.45, 2.75) is 13.3 Å². The maximum Gasteiger partial charge on any atom is 0.260 e. The molecule has 1 saturated heterocycles. The number of ether oxygens (including phenoxy) is 1. The van der Waals surface area contributed by atoms with Crippen molar-refractivity contribution in [1.82, 2.24) is 9.80 Å². The maximum atomic E-state index is 12.4. The lowest BCUT2D eigenvalue weighted by atomic mass is 10.1. The van der Waals surface area contributed by atoms with Gasteiger partial charge in [0.15, 0.2) is 6.61 Å². The van der Waals surface area contributed by atoms with E-state index in [0.717, 1.165) is 11.1 Å². The van der Waals surface area contributed by atoms with Gasteiger partial charge < -0.3 is 14.5 Å². The van der Waals surface area contributed by atoms with Gasteiger partial charge in [-0.05, 0) is 36.2 Å². The summed E-state index contributed by atoms with van der Waals surface area (Å²) in [5.74, 6) is 0.685. The zero-order valence-electron chi connectivity index (χ0n) is 15.4. The third kappa shape index (κ3) is 5.23. The van der Waals surface area contributed by atoms with E-state index in [1.165, 1.54) is 0 Å². The second-order valence-electron chi connectivity index (χ2n) is 6.62. The van der Waals surface area contributed by atoms with Gasteiger partial charge in [0.05, 0.1) is 6.42 Å². The number of nitrogens with zero attached hydrogens (tertiary/aromatic N) is 2. The van der Waals surface area contributed by atoms with E-state index in [1.54, 1.807) is 23.1 Å². The van der Waals surface area contributed by atoms with Crippen LogP contribution in [0.4, 0.5) is 0 Å². The van der Waals surface area contributed by atoms with Crippen molar-refractivity contribution in [2.75, 3.05) is 32.8 Å². The fourth-order valence-electron chi connectivity index (χ4n) is 3.09. The summed E-state index contributed by atoms with van der Waals surface area (Å²) < 4.78 is 5.63. The number of hydrogen-bond donors (Lipinski definition) is 0. The third-order valence-electron chi connectivity index (χ3n) is 4.67. The molecule has 0 radical (unpaired) electrons. The maximum absolute atomic E-state index is 12.4. The van der Waals surface area contributed by atoms with Gasteiger partial charge in [0.25, 0.3) is 5.91 Å². The van der Waals surface area contributed by atoms with E-state index in [2.05, 4.69) is 0 Å². The zero-order chi connectivity index (χ0) is 19.2. The van der Waals surface area contributed by atoms with Crippen molar-refractivity contribution in [3.05, 3.63) is 64.7 Å². The molecule has 3 rings (SSSR count). The summed E-state index contributed by atoms with van der Waals surface area (Å²) in [6.45, 7) is 4.04. The molecule has 2 aromatic rings. The lowest BCUT2D eigenvalue weighted by Crippen LogP contribution is -2.52. The summed E-state index contributed by atoms with van der Waals surface area (Å²) in [6.07, 6.45) is 0.397. The van der Waals surface area contributed by atoms with Crippen molar-refractivity contribution in [1.29, 1.82) is 0 Å². The highest BCUT2D eigenvalue weighted by Crippen LogP contribution is 2.21. The first kappa shape index (κ1) is 19.2. The number of rotatable bonds is 5. The highest BCUT2D eigenvalue weighted by atomic mass is 35.5. The van der Waals surface area contributed by atoms with E-state index < -0.39 is 0 Å².